The molecule has 2 saturated heterocycles. The van der Waals surface area contributed by atoms with Crippen LogP contribution in [0.2, 0.25) is 0 Å². The highest BCUT2D eigenvalue weighted by molar-refractivity contribution is 5.73. The molecule has 4 heterocycles. The molecule has 2 aromatic rings. The van der Waals surface area contributed by atoms with Crippen LogP contribution in [0.15, 0.2) is 24.5 Å². The molecule has 0 aliphatic carbocycles. The second kappa shape index (κ2) is 12.1. The molecular weight excluding hydrogens is 504 g/mol. The van der Waals surface area contributed by atoms with E-state index < -0.39 is 24.3 Å². The lowest BCUT2D eigenvalue weighted by molar-refractivity contribution is -0.193. The van der Waals surface area contributed by atoms with Crippen molar-refractivity contribution in [1.29, 1.82) is 0 Å². The highest BCUT2D eigenvalue weighted by Crippen LogP contribution is 2.40. The number of carboxylic acid groups (broad SMARTS) is 2. The number of pyridine rings is 1. The Bertz CT molecular complexity index is 977. The topological polar surface area (TPSA) is 142 Å². The Labute approximate surface area is 200 Å². The quantitative estimate of drug-likeness (QED) is 0.514. The zero-order valence-electron chi connectivity index (χ0n) is 18.8. The summed E-state index contributed by atoms with van der Waals surface area (Å²) in [7, 11) is 0. The summed E-state index contributed by atoms with van der Waals surface area (Å²) in [5.74, 6) is -3.22. The van der Waals surface area contributed by atoms with Gasteiger partial charge in [-0.1, -0.05) is 6.07 Å². The van der Waals surface area contributed by atoms with E-state index in [0.717, 1.165) is 37.7 Å². The van der Waals surface area contributed by atoms with Gasteiger partial charge in [0.15, 0.2) is 5.82 Å². The zero-order valence-corrected chi connectivity index (χ0v) is 18.8. The molecule has 0 saturated carbocycles. The molecule has 0 amide bonds. The Balaban J connectivity index is 0.000000271. The normalized spacial score (nSPS) is 21.9. The number of ether oxygens (including phenoxy) is 1. The first-order valence-electron chi connectivity index (χ1n) is 10.4. The molecule has 0 aromatic carbocycles. The maximum Gasteiger partial charge on any atom is 0.490 e. The number of nitrogens with zero attached hydrogens (tertiary/aromatic N) is 4. The van der Waals surface area contributed by atoms with Crippen molar-refractivity contribution in [2.24, 2.45) is 5.92 Å². The molecule has 200 valence electrons. The number of nitrogens with one attached hydrogen (secondary N) is 1. The number of rotatable bonds is 3. The summed E-state index contributed by atoms with van der Waals surface area (Å²) in [5.41, 5.74) is 1.26. The largest absolute Gasteiger partial charge is 0.490 e. The third kappa shape index (κ3) is 9.07. The molecule has 0 unspecified atom stereocenters. The number of carboxylic acids is 2. The van der Waals surface area contributed by atoms with Gasteiger partial charge < -0.3 is 14.9 Å². The standard InChI is InChI=1S/C16H21N5O.2C2HF3O2/c1-11-18-16(20-19-11)14-7-13-4-6-21(10-15(13)22-14)9-12-3-2-5-17-8-12;2*3-2(4,5)1(6)7/h2-3,5,8,13-15H,4,6-7,9-10H2,1H3,(H,18,19,20);2*(H,6,7)/t13-,14+,15+;;/m0../s1. The number of H-pyrrole nitrogens is 1. The number of aryl methyl sites for hydroxylation is 1. The number of halogens is 6. The van der Waals surface area contributed by atoms with Crippen LogP contribution in [0, 0.1) is 12.8 Å². The van der Waals surface area contributed by atoms with Crippen molar-refractivity contribution in [2.75, 3.05) is 13.1 Å². The second-order valence-electron chi connectivity index (χ2n) is 7.93. The summed E-state index contributed by atoms with van der Waals surface area (Å²) in [6.45, 7) is 4.98. The number of likely N-dealkylation sites (tertiary alicyclic amines) is 1. The van der Waals surface area contributed by atoms with Gasteiger partial charge in [0.25, 0.3) is 0 Å². The second-order valence-corrected chi connectivity index (χ2v) is 7.93. The molecule has 4 rings (SSSR count). The van der Waals surface area contributed by atoms with E-state index in [1.807, 2.05) is 25.4 Å². The number of hydrogen-bond acceptors (Lipinski definition) is 7. The van der Waals surface area contributed by atoms with E-state index in [1.165, 1.54) is 12.0 Å². The minimum atomic E-state index is -5.08. The maximum absolute atomic E-state index is 10.6. The summed E-state index contributed by atoms with van der Waals surface area (Å²) in [5, 5.41) is 21.4. The van der Waals surface area contributed by atoms with Gasteiger partial charge in [-0.05, 0) is 43.9 Å². The Hall–Kier alpha value is -3.27. The van der Waals surface area contributed by atoms with E-state index in [-0.39, 0.29) is 6.10 Å². The van der Waals surface area contributed by atoms with Crippen LogP contribution in [0.4, 0.5) is 26.3 Å². The molecule has 2 aliphatic heterocycles. The molecule has 2 aliphatic rings. The molecular formula is C20H23F6N5O5. The van der Waals surface area contributed by atoms with E-state index in [1.54, 1.807) is 0 Å². The van der Waals surface area contributed by atoms with Crippen LogP contribution in [0.3, 0.4) is 0 Å². The Morgan fingerprint density at radius 1 is 1.17 bits per heavy atom. The fourth-order valence-electron chi connectivity index (χ4n) is 3.56. The lowest BCUT2D eigenvalue weighted by Gasteiger charge is -2.33. The summed E-state index contributed by atoms with van der Waals surface area (Å²) >= 11 is 0. The molecule has 2 aromatic heterocycles. The van der Waals surface area contributed by atoms with Crippen LogP contribution in [-0.4, -0.2) is 78.8 Å². The van der Waals surface area contributed by atoms with E-state index in [4.69, 9.17) is 24.5 Å². The summed E-state index contributed by atoms with van der Waals surface area (Å²) in [6.07, 6.45) is -3.82. The fourth-order valence-corrected chi connectivity index (χ4v) is 3.56. The average Bonchev–Trinajstić information content (AvgIpc) is 3.39. The van der Waals surface area contributed by atoms with Gasteiger partial charge in [0, 0.05) is 25.5 Å². The predicted octanol–water partition coefficient (Wildman–Crippen LogP) is 3.13. The molecule has 2 fully saturated rings. The van der Waals surface area contributed by atoms with Crippen molar-refractivity contribution in [3.63, 3.8) is 0 Å². The Morgan fingerprint density at radius 2 is 1.78 bits per heavy atom. The minimum absolute atomic E-state index is 0.0540. The maximum atomic E-state index is 10.6. The first kappa shape index (κ1) is 29.0. The van der Waals surface area contributed by atoms with Gasteiger partial charge in [-0.25, -0.2) is 14.6 Å². The van der Waals surface area contributed by atoms with E-state index in [2.05, 4.69) is 31.1 Å². The molecule has 0 radical (unpaired) electrons. The first-order chi connectivity index (χ1) is 16.7. The van der Waals surface area contributed by atoms with E-state index in [0.29, 0.717) is 12.0 Å². The molecule has 3 N–H and O–H groups in total. The summed E-state index contributed by atoms with van der Waals surface area (Å²) < 4.78 is 69.7. The number of hydrogen-bond donors (Lipinski definition) is 3. The number of aromatic nitrogens is 4. The van der Waals surface area contributed by atoms with Gasteiger partial charge >= 0.3 is 24.3 Å². The smallest absolute Gasteiger partial charge is 0.475 e. The first-order valence-corrected chi connectivity index (χ1v) is 10.4. The van der Waals surface area contributed by atoms with Crippen molar-refractivity contribution in [2.45, 2.75) is 50.9 Å². The third-order valence-corrected chi connectivity index (χ3v) is 5.15. The zero-order chi connectivity index (χ0) is 27.1. The summed E-state index contributed by atoms with van der Waals surface area (Å²) in [6, 6.07) is 4.13. The van der Waals surface area contributed by atoms with Crippen molar-refractivity contribution in [3.8, 4) is 0 Å². The molecule has 0 spiro atoms. The molecule has 0 bridgehead atoms. The third-order valence-electron chi connectivity index (χ3n) is 5.15. The highest BCUT2D eigenvalue weighted by Gasteiger charge is 2.41. The SMILES string of the molecule is Cc1nc([C@H]2C[C@@H]3CCN(Cc4cccnc4)C[C@H]3O2)n[nH]1.O=C(O)C(F)(F)F.O=C(O)C(F)(F)F. The fraction of sp³-hybridized carbons (Fsp3) is 0.550. The number of alkyl halides is 6. The van der Waals surface area contributed by atoms with E-state index >= 15 is 0 Å². The lowest BCUT2D eigenvalue weighted by atomic mass is 9.91. The van der Waals surface area contributed by atoms with Gasteiger partial charge in [-0.15, -0.1) is 0 Å². The monoisotopic (exact) mass is 527 g/mol. The number of aromatic amines is 1. The van der Waals surface area contributed by atoms with Crippen LogP contribution in [0.5, 0.6) is 0 Å². The van der Waals surface area contributed by atoms with Crippen molar-refractivity contribution in [3.05, 3.63) is 41.7 Å². The number of fused-ring (bicyclic) bond motifs is 1. The van der Waals surface area contributed by atoms with Crippen molar-refractivity contribution in [1.82, 2.24) is 25.1 Å². The predicted molar refractivity (Wildman–Crippen MR) is 108 cm³/mol. The van der Waals surface area contributed by atoms with Crippen molar-refractivity contribution >= 4 is 11.9 Å². The van der Waals surface area contributed by atoms with Gasteiger partial charge in [-0.2, -0.15) is 31.4 Å². The molecule has 10 nitrogen and oxygen atoms in total. The summed E-state index contributed by atoms with van der Waals surface area (Å²) in [4.78, 5) is 28.9. The molecule has 16 heteroatoms. The van der Waals surface area contributed by atoms with Crippen LogP contribution in [-0.2, 0) is 20.9 Å². The van der Waals surface area contributed by atoms with Crippen LogP contribution in [0.25, 0.3) is 0 Å². The highest BCUT2D eigenvalue weighted by atomic mass is 19.4. The van der Waals surface area contributed by atoms with Gasteiger partial charge in [0.1, 0.15) is 11.9 Å². The van der Waals surface area contributed by atoms with E-state index in [9.17, 15) is 26.3 Å². The molecule has 36 heavy (non-hydrogen) atoms. The number of aliphatic carboxylic acids is 2. The lowest BCUT2D eigenvalue weighted by Crippen LogP contribution is -2.41. The van der Waals surface area contributed by atoms with Gasteiger partial charge in [-0.3, -0.25) is 15.0 Å². The van der Waals surface area contributed by atoms with Gasteiger partial charge in [0.05, 0.1) is 6.10 Å². The van der Waals surface area contributed by atoms with Crippen LogP contribution < -0.4 is 0 Å². The molecule has 3 atom stereocenters. The van der Waals surface area contributed by atoms with Crippen LogP contribution in [0.1, 0.15) is 36.2 Å². The minimum Gasteiger partial charge on any atom is -0.475 e. The average molecular weight is 527 g/mol. The van der Waals surface area contributed by atoms with Crippen molar-refractivity contribution < 1.29 is 50.9 Å². The van der Waals surface area contributed by atoms with Crippen LogP contribution >= 0.6 is 0 Å². The van der Waals surface area contributed by atoms with Gasteiger partial charge in [0.2, 0.25) is 0 Å². The Kier molecular flexibility index (Phi) is 9.75. The number of piperidine rings is 1. The number of carbonyl (C=O) groups is 2. The Morgan fingerprint density at radius 3 is 2.25 bits per heavy atom.